The van der Waals surface area contributed by atoms with Gasteiger partial charge in [0.25, 0.3) is 0 Å². The van der Waals surface area contributed by atoms with Crippen molar-refractivity contribution in [3.8, 4) is 0 Å². The number of anilines is 3. The van der Waals surface area contributed by atoms with Crippen molar-refractivity contribution in [2.75, 3.05) is 48.1 Å². The second-order valence-corrected chi connectivity index (χ2v) is 14.6. The quantitative estimate of drug-likeness (QED) is 0.183. The topological polar surface area (TPSA) is 111 Å². The van der Waals surface area contributed by atoms with E-state index in [9.17, 15) is 4.79 Å². The molecule has 0 saturated carbocycles. The molecule has 40 heavy (non-hydrogen) atoms. The van der Waals surface area contributed by atoms with Crippen molar-refractivity contribution in [2.45, 2.75) is 53.4 Å². The molecule has 0 atom stereocenters. The van der Waals surface area contributed by atoms with E-state index in [4.69, 9.17) is 15.3 Å². The third-order valence-electron chi connectivity index (χ3n) is 5.11. The Hall–Kier alpha value is -0.450. The second kappa shape index (κ2) is 26.2. The van der Waals surface area contributed by atoms with Crippen LogP contribution in [0.2, 0.25) is 25.7 Å². The number of hydrogen-bond acceptors (Lipinski definition) is 7. The number of hydrogen-bond donors (Lipinski definition) is 1. The van der Waals surface area contributed by atoms with Gasteiger partial charge in [-0.1, -0.05) is 65.5 Å². The Morgan fingerprint density at radius 3 is 2.33 bits per heavy atom. The summed E-state index contributed by atoms with van der Waals surface area (Å²) in [5.41, 5.74) is 9.74. The van der Waals surface area contributed by atoms with Gasteiger partial charge >= 0.3 is 0 Å². The van der Waals surface area contributed by atoms with Gasteiger partial charge in [0, 0.05) is 112 Å². The third kappa shape index (κ3) is 17.5. The van der Waals surface area contributed by atoms with Crippen molar-refractivity contribution in [3.05, 3.63) is 54.7 Å². The van der Waals surface area contributed by atoms with Crippen LogP contribution in [0.15, 0.2) is 31.1 Å². The summed E-state index contributed by atoms with van der Waals surface area (Å²) in [5.74, 6) is 2.23. The summed E-state index contributed by atoms with van der Waals surface area (Å²) in [7, 11) is -0.992. The van der Waals surface area contributed by atoms with Crippen LogP contribution >= 0.6 is 0 Å². The number of ether oxygens (including phenoxy) is 1. The number of carbonyl (C=O) groups excluding carboxylic acids is 2. The largest absolute Gasteiger partial charge is 0.485 e. The standard InChI is InChI=1S/C13H22N3OSi.C9H10N3O.C2H2O.2CH4.4W/c1-18(2,3)10-9-17-11-16-8-7-14-12-5-4-6-15-13(12)16;10-9(13)12-6-2-3-7-8(12)4-1-5-11-7;1-2-3;;;;;;/h5-6,14H,7-11H2,1-3H3;4-5H,2-3,6H2,(H2,10,13);1H2;2*1H4;;;;/q2*-1;;;;;;;/p-1. The number of urea groups is 1. The van der Waals surface area contributed by atoms with Crippen molar-refractivity contribution in [1.82, 2.24) is 9.97 Å². The Bertz CT molecular complexity index is 979. The number of fused-ring (bicyclic) bond motifs is 2. The molecule has 4 heterocycles. The number of nitrogens with one attached hydrogen (secondary N) is 2. The molecule has 0 spiro atoms. The van der Waals surface area contributed by atoms with Crippen LogP contribution in [0.5, 0.6) is 0 Å². The summed E-state index contributed by atoms with van der Waals surface area (Å²) in [5, 5.41) is 3.32. The molecule has 2 amide bonds. The molecule has 2 aliphatic heterocycles. The maximum absolute atomic E-state index is 10.9. The number of nitrogens with zero attached hydrogens (tertiary/aromatic N) is 4. The Morgan fingerprint density at radius 1 is 1.12 bits per heavy atom. The molecule has 9 nitrogen and oxygen atoms in total. The summed E-state index contributed by atoms with van der Waals surface area (Å²) in [6, 6.07) is 10.0. The van der Waals surface area contributed by atoms with Gasteiger partial charge in [-0.05, 0) is 24.7 Å². The van der Waals surface area contributed by atoms with Crippen molar-refractivity contribution in [3.63, 3.8) is 0 Å². The van der Waals surface area contributed by atoms with Crippen LogP contribution < -0.4 is 15.1 Å². The Labute approximate surface area is 299 Å². The van der Waals surface area contributed by atoms with Crippen LogP contribution in [0.1, 0.15) is 27.0 Å². The smallest absolute Gasteiger partial charge is 0.140 e. The first-order chi connectivity index (χ1) is 16.3. The maximum Gasteiger partial charge on any atom is 0.140 e. The van der Waals surface area contributed by atoms with Crippen molar-refractivity contribution >= 4 is 37.2 Å². The molecular formula is C26H41N6O3SiW4-3. The van der Waals surface area contributed by atoms with E-state index in [0.717, 1.165) is 55.4 Å². The minimum atomic E-state index is -0.992. The molecule has 14 heteroatoms. The fourth-order valence-corrected chi connectivity index (χ4v) is 4.15. The first-order valence-corrected chi connectivity index (χ1v) is 14.9. The molecule has 4 rings (SSSR count). The molecule has 0 radical (unpaired) electrons. The van der Waals surface area contributed by atoms with Crippen molar-refractivity contribution in [1.29, 1.82) is 0 Å². The SMILES string of the molecule is C.C.C=C=O.C[Si](C)(C)CCOCN1CCNc2c[c-]cnc21.[NH-]C(=O)N1CCCc2nc[c-]cc21.[W].[W].[W].[W]. The zero-order chi connectivity index (χ0) is 25.0. The molecule has 0 saturated heterocycles. The van der Waals surface area contributed by atoms with E-state index < -0.39 is 14.1 Å². The predicted molar refractivity (Wildman–Crippen MR) is 151 cm³/mol. The maximum atomic E-state index is 10.9. The van der Waals surface area contributed by atoms with Gasteiger partial charge in [-0.2, -0.15) is 5.69 Å². The number of aryl methyl sites for hydroxylation is 1. The van der Waals surface area contributed by atoms with Crippen LogP contribution in [-0.4, -0.2) is 63.0 Å². The minimum Gasteiger partial charge on any atom is -0.485 e. The summed E-state index contributed by atoms with van der Waals surface area (Å²) < 4.78 is 5.79. The number of aromatic nitrogens is 2. The van der Waals surface area contributed by atoms with Crippen molar-refractivity contribution < 1.29 is 98.6 Å². The molecule has 0 fully saturated rings. The van der Waals surface area contributed by atoms with Gasteiger partial charge in [-0.25, -0.2) is 29.1 Å². The Morgan fingerprint density at radius 2 is 1.73 bits per heavy atom. The first-order valence-electron chi connectivity index (χ1n) is 11.2. The molecule has 0 aliphatic carbocycles. The monoisotopic (exact) mass is 1250 g/mol. The number of carbonyl (C=O) groups is 1. The fraction of sp³-hybridized carbons (Fsp3) is 0.500. The average Bonchev–Trinajstić information content (AvgIpc) is 2.82. The zero-order valence-corrected chi connectivity index (χ0v) is 34.6. The molecule has 0 unspecified atom stereocenters. The normalized spacial score (nSPS) is 12.0. The Balaban J connectivity index is -0.000000168. The molecule has 224 valence electrons. The summed E-state index contributed by atoms with van der Waals surface area (Å²) in [6.07, 6.45) is 5.07. The molecule has 2 N–H and O–H groups in total. The first kappa shape index (κ1) is 49.2. The molecule has 0 bridgehead atoms. The average molecular weight is 1250 g/mol. The van der Waals surface area contributed by atoms with Crippen LogP contribution in [0.4, 0.5) is 22.0 Å². The minimum absolute atomic E-state index is 0. The summed E-state index contributed by atoms with van der Waals surface area (Å²) in [6.45, 7) is 13.8. The van der Waals surface area contributed by atoms with Gasteiger partial charge in [0.15, 0.2) is 0 Å². The molecule has 2 aromatic heterocycles. The van der Waals surface area contributed by atoms with Crippen molar-refractivity contribution in [2.24, 2.45) is 0 Å². The van der Waals surface area contributed by atoms with Crippen LogP contribution in [0.25, 0.3) is 5.73 Å². The predicted octanol–water partition coefficient (Wildman–Crippen LogP) is 5.50. The van der Waals surface area contributed by atoms with Gasteiger partial charge < -0.3 is 35.4 Å². The van der Waals surface area contributed by atoms with E-state index in [1.165, 1.54) is 16.9 Å². The number of pyridine rings is 2. The van der Waals surface area contributed by atoms with Gasteiger partial charge in [-0.3, -0.25) is 4.98 Å². The molecule has 2 aliphatic rings. The van der Waals surface area contributed by atoms with Crippen LogP contribution in [0, 0.1) is 12.1 Å². The molecule has 0 aromatic carbocycles. The van der Waals surface area contributed by atoms with Crippen LogP contribution in [-0.2, 0) is 100 Å². The van der Waals surface area contributed by atoms with Gasteiger partial charge in [0.05, 0.1) is 5.82 Å². The van der Waals surface area contributed by atoms with Gasteiger partial charge in [0.2, 0.25) is 0 Å². The van der Waals surface area contributed by atoms with E-state index >= 15 is 0 Å². The number of amides is 2. The molecule has 2 aromatic rings. The fourth-order valence-electron chi connectivity index (χ4n) is 3.39. The van der Waals surface area contributed by atoms with Crippen LogP contribution in [0.3, 0.4) is 0 Å². The van der Waals surface area contributed by atoms with Gasteiger partial charge in [0.1, 0.15) is 18.7 Å². The number of rotatable bonds is 5. The zero-order valence-electron chi connectivity index (χ0n) is 21.8. The van der Waals surface area contributed by atoms with E-state index in [0.29, 0.717) is 13.3 Å². The summed E-state index contributed by atoms with van der Waals surface area (Å²) in [4.78, 5) is 31.6. The molecular weight excluding hydrogens is 1210 g/mol. The summed E-state index contributed by atoms with van der Waals surface area (Å²) >= 11 is 0. The second-order valence-electron chi connectivity index (χ2n) is 8.95. The van der Waals surface area contributed by atoms with E-state index in [-0.39, 0.29) is 99.1 Å². The third-order valence-corrected chi connectivity index (χ3v) is 6.82. The van der Waals surface area contributed by atoms with Gasteiger partial charge in [-0.15, -0.1) is 0 Å². The van der Waals surface area contributed by atoms with E-state index in [1.54, 1.807) is 18.5 Å². The Kier molecular flexibility index (Phi) is 32.2. The van der Waals surface area contributed by atoms with E-state index in [1.807, 2.05) is 6.07 Å². The van der Waals surface area contributed by atoms with E-state index in [2.05, 4.69) is 58.5 Å².